The molecule has 0 aromatic carbocycles. The van der Waals surface area contributed by atoms with E-state index < -0.39 is 0 Å². The normalized spacial score (nSPS) is 8.73. The van der Waals surface area contributed by atoms with Crippen LogP contribution in [0.5, 0.6) is 0 Å². The highest BCUT2D eigenvalue weighted by atomic mass is 32.2. The van der Waals surface area contributed by atoms with Gasteiger partial charge < -0.3 is 5.32 Å². The molecule has 0 aliphatic rings. The first-order valence-electron chi connectivity index (χ1n) is 4.61. The number of hydrogen-bond acceptors (Lipinski definition) is 2. The molecule has 2 heteroatoms. The van der Waals surface area contributed by atoms with Crippen molar-refractivity contribution in [3.05, 3.63) is 0 Å². The maximum Gasteiger partial charge on any atom is 0.00553 e. The number of nitrogens with one attached hydrogen (secondary N) is 1. The molecule has 0 radical (unpaired) electrons. The maximum atomic E-state index is 3.37. The standard InChI is InChI=1S/C7H17NS.C2H6.H2/c1-3-4-5-8-6-7-9-2;1-2;/h8H,3-7H2,1-2H3;1-2H3;1H. The third-order valence-electron chi connectivity index (χ3n) is 1.19. The lowest BCUT2D eigenvalue weighted by atomic mass is 10.3. The Labute approximate surface area is 77.8 Å². The molecule has 0 aromatic heterocycles. The van der Waals surface area contributed by atoms with Crippen molar-refractivity contribution in [3.8, 4) is 0 Å². The minimum atomic E-state index is 0. The summed E-state index contributed by atoms with van der Waals surface area (Å²) in [5.41, 5.74) is 0. The molecule has 0 aliphatic heterocycles. The Hall–Kier alpha value is 0.310. The second-order valence-electron chi connectivity index (χ2n) is 2.10. The molecule has 0 atom stereocenters. The van der Waals surface area contributed by atoms with Crippen molar-refractivity contribution in [2.45, 2.75) is 33.6 Å². The van der Waals surface area contributed by atoms with Crippen LogP contribution in [-0.4, -0.2) is 25.1 Å². The molecule has 0 saturated carbocycles. The first-order chi connectivity index (χ1) is 5.41. The van der Waals surface area contributed by atoms with Crippen molar-refractivity contribution in [1.82, 2.24) is 5.32 Å². The number of thioether (sulfide) groups is 1. The fraction of sp³-hybridized carbons (Fsp3) is 1.00. The fourth-order valence-corrected chi connectivity index (χ4v) is 0.949. The molecule has 0 amide bonds. The van der Waals surface area contributed by atoms with Gasteiger partial charge in [-0.3, -0.25) is 0 Å². The lowest BCUT2D eigenvalue weighted by Crippen LogP contribution is -2.17. The summed E-state index contributed by atoms with van der Waals surface area (Å²) in [5.74, 6) is 1.24. The minimum Gasteiger partial charge on any atom is -0.316 e. The summed E-state index contributed by atoms with van der Waals surface area (Å²) in [6.07, 6.45) is 4.75. The van der Waals surface area contributed by atoms with Gasteiger partial charge in [0.1, 0.15) is 0 Å². The second-order valence-corrected chi connectivity index (χ2v) is 3.08. The molecule has 0 aromatic rings. The molecule has 0 aliphatic carbocycles. The van der Waals surface area contributed by atoms with Gasteiger partial charge in [0, 0.05) is 13.7 Å². The molecule has 1 nitrogen and oxygen atoms in total. The summed E-state index contributed by atoms with van der Waals surface area (Å²) in [5, 5.41) is 3.37. The molecule has 0 heterocycles. The smallest absolute Gasteiger partial charge is 0.00553 e. The van der Waals surface area contributed by atoms with Crippen LogP contribution in [0.1, 0.15) is 35.0 Å². The maximum absolute atomic E-state index is 3.37. The molecule has 0 spiro atoms. The third kappa shape index (κ3) is 17.9. The van der Waals surface area contributed by atoms with Crippen LogP contribution < -0.4 is 5.32 Å². The zero-order valence-electron chi connectivity index (χ0n) is 8.44. The third-order valence-corrected chi connectivity index (χ3v) is 1.80. The van der Waals surface area contributed by atoms with Crippen molar-refractivity contribution in [2.24, 2.45) is 0 Å². The van der Waals surface area contributed by atoms with E-state index in [0.717, 1.165) is 0 Å². The summed E-state index contributed by atoms with van der Waals surface area (Å²) < 4.78 is 0. The van der Waals surface area contributed by atoms with Gasteiger partial charge >= 0.3 is 0 Å². The Kier molecular flexibility index (Phi) is 21.1. The van der Waals surface area contributed by atoms with Gasteiger partial charge in [-0.05, 0) is 19.2 Å². The molecule has 72 valence electrons. The Balaban J connectivity index is -0.000000249. The Morgan fingerprint density at radius 1 is 1.27 bits per heavy atom. The SMILES string of the molecule is CC.CCCCNCCSC.[HH]. The van der Waals surface area contributed by atoms with Crippen LogP contribution in [0, 0.1) is 0 Å². The molecule has 0 fully saturated rings. The minimum absolute atomic E-state index is 0. The largest absolute Gasteiger partial charge is 0.316 e. The highest BCUT2D eigenvalue weighted by molar-refractivity contribution is 7.98. The average molecular weight is 179 g/mol. The number of rotatable bonds is 6. The van der Waals surface area contributed by atoms with E-state index in [9.17, 15) is 0 Å². The van der Waals surface area contributed by atoms with Gasteiger partial charge in [0.2, 0.25) is 0 Å². The molecule has 1 N–H and O–H groups in total. The van der Waals surface area contributed by atoms with Crippen molar-refractivity contribution >= 4 is 11.8 Å². The van der Waals surface area contributed by atoms with E-state index >= 15 is 0 Å². The van der Waals surface area contributed by atoms with Crippen LogP contribution in [0.25, 0.3) is 0 Å². The topological polar surface area (TPSA) is 12.0 Å². The predicted molar refractivity (Wildman–Crippen MR) is 59.6 cm³/mol. The van der Waals surface area contributed by atoms with E-state index in [4.69, 9.17) is 0 Å². The van der Waals surface area contributed by atoms with E-state index in [1.54, 1.807) is 0 Å². The Morgan fingerprint density at radius 2 is 1.91 bits per heavy atom. The first-order valence-corrected chi connectivity index (χ1v) is 6.00. The monoisotopic (exact) mass is 179 g/mol. The fourth-order valence-electron chi connectivity index (χ4n) is 0.601. The molecule has 0 rings (SSSR count). The first kappa shape index (κ1) is 13.9. The molecule has 0 bridgehead atoms. The summed E-state index contributed by atoms with van der Waals surface area (Å²) in [4.78, 5) is 0. The van der Waals surface area contributed by atoms with Gasteiger partial charge in [0.05, 0.1) is 0 Å². The molecule has 0 unspecified atom stereocenters. The highest BCUT2D eigenvalue weighted by Gasteiger charge is 1.83. The van der Waals surface area contributed by atoms with E-state index in [-0.39, 0.29) is 1.43 Å². The van der Waals surface area contributed by atoms with Gasteiger partial charge in [-0.25, -0.2) is 0 Å². The van der Waals surface area contributed by atoms with Crippen LogP contribution >= 0.6 is 11.8 Å². The van der Waals surface area contributed by atoms with Crippen LogP contribution in [-0.2, 0) is 0 Å². The van der Waals surface area contributed by atoms with Gasteiger partial charge in [-0.2, -0.15) is 11.8 Å². The average Bonchev–Trinajstić information content (AvgIpc) is 2.08. The van der Waals surface area contributed by atoms with Gasteiger partial charge in [0.15, 0.2) is 0 Å². The second kappa shape index (κ2) is 16.7. The molecular formula is C9H25NS. The Bertz CT molecular complexity index is 47.8. The number of hydrogen-bond donors (Lipinski definition) is 1. The summed E-state index contributed by atoms with van der Waals surface area (Å²) in [6.45, 7) is 8.58. The van der Waals surface area contributed by atoms with Crippen molar-refractivity contribution in [2.75, 3.05) is 25.1 Å². The zero-order chi connectivity index (χ0) is 8.95. The summed E-state index contributed by atoms with van der Waals surface area (Å²) in [6, 6.07) is 0. The lowest BCUT2D eigenvalue weighted by molar-refractivity contribution is 0.666. The lowest BCUT2D eigenvalue weighted by Gasteiger charge is -1.99. The van der Waals surface area contributed by atoms with Crippen LogP contribution in [0.2, 0.25) is 0 Å². The van der Waals surface area contributed by atoms with E-state index in [1.807, 2.05) is 25.6 Å². The van der Waals surface area contributed by atoms with Crippen molar-refractivity contribution in [1.29, 1.82) is 0 Å². The molecular weight excluding hydrogens is 154 g/mol. The van der Waals surface area contributed by atoms with E-state index in [0.29, 0.717) is 0 Å². The molecule has 0 saturated heterocycles. The van der Waals surface area contributed by atoms with Crippen LogP contribution in [0.3, 0.4) is 0 Å². The molecule has 11 heavy (non-hydrogen) atoms. The van der Waals surface area contributed by atoms with E-state index in [1.165, 1.54) is 31.7 Å². The van der Waals surface area contributed by atoms with Crippen LogP contribution in [0.15, 0.2) is 0 Å². The predicted octanol–water partition coefficient (Wildman–Crippen LogP) is 3.01. The van der Waals surface area contributed by atoms with Crippen LogP contribution in [0.4, 0.5) is 0 Å². The zero-order valence-corrected chi connectivity index (χ0v) is 9.26. The summed E-state index contributed by atoms with van der Waals surface area (Å²) >= 11 is 1.90. The van der Waals surface area contributed by atoms with Crippen molar-refractivity contribution < 1.29 is 1.43 Å². The number of unbranched alkanes of at least 4 members (excludes halogenated alkanes) is 1. The van der Waals surface area contributed by atoms with Crippen molar-refractivity contribution in [3.63, 3.8) is 0 Å². The van der Waals surface area contributed by atoms with Gasteiger partial charge in [-0.1, -0.05) is 27.2 Å². The van der Waals surface area contributed by atoms with Gasteiger partial charge in [0.25, 0.3) is 0 Å². The highest BCUT2D eigenvalue weighted by Crippen LogP contribution is 1.87. The Morgan fingerprint density at radius 3 is 2.36 bits per heavy atom. The van der Waals surface area contributed by atoms with Gasteiger partial charge in [-0.15, -0.1) is 0 Å². The quantitative estimate of drug-likeness (QED) is 0.629. The summed E-state index contributed by atoms with van der Waals surface area (Å²) in [7, 11) is 0. The van der Waals surface area contributed by atoms with E-state index in [2.05, 4.69) is 18.5 Å².